The van der Waals surface area contributed by atoms with E-state index in [0.717, 1.165) is 5.56 Å². The van der Waals surface area contributed by atoms with Crippen LogP contribution in [-0.2, 0) is 9.59 Å². The molecule has 1 heterocycles. The van der Waals surface area contributed by atoms with Crippen LogP contribution < -0.4 is 5.32 Å². The summed E-state index contributed by atoms with van der Waals surface area (Å²) < 4.78 is 0. The molecular formula is C15H16N2O3. The molecule has 0 spiro atoms. The molecule has 5 heteroatoms. The second-order valence-corrected chi connectivity index (χ2v) is 5.38. The lowest BCUT2D eigenvalue weighted by Gasteiger charge is -2.16. The number of ketones is 1. The van der Waals surface area contributed by atoms with Crippen molar-refractivity contribution >= 4 is 17.6 Å². The number of nitrogens with one attached hydrogen (secondary N) is 1. The fourth-order valence-electron chi connectivity index (χ4n) is 2.92. The van der Waals surface area contributed by atoms with Crippen molar-refractivity contribution in [2.45, 2.75) is 24.8 Å². The van der Waals surface area contributed by atoms with Crippen LogP contribution in [0, 0.1) is 0 Å². The van der Waals surface area contributed by atoms with Gasteiger partial charge >= 0.3 is 0 Å². The Morgan fingerprint density at radius 2 is 2.05 bits per heavy atom. The average Bonchev–Trinajstić information content (AvgIpc) is 2.94. The number of likely N-dealkylation sites (N-methyl/N-ethyl adjacent to an activating group) is 1. The Morgan fingerprint density at radius 1 is 1.30 bits per heavy atom. The second kappa shape index (κ2) is 4.74. The van der Waals surface area contributed by atoms with Crippen LogP contribution in [-0.4, -0.2) is 42.1 Å². The Bertz CT molecular complexity index is 597. The third-order valence-electron chi connectivity index (χ3n) is 4.09. The van der Waals surface area contributed by atoms with Gasteiger partial charge in [-0.1, -0.05) is 24.3 Å². The van der Waals surface area contributed by atoms with Gasteiger partial charge in [-0.15, -0.1) is 0 Å². The number of nitrogens with zero attached hydrogens (tertiary/aromatic N) is 1. The molecule has 0 unspecified atom stereocenters. The third kappa shape index (κ3) is 1.99. The van der Waals surface area contributed by atoms with Gasteiger partial charge in [0.2, 0.25) is 11.8 Å². The fraction of sp³-hybridized carbons (Fsp3) is 0.400. The predicted octanol–water partition coefficient (Wildman–Crippen LogP) is 0.703. The van der Waals surface area contributed by atoms with Crippen molar-refractivity contribution in [3.63, 3.8) is 0 Å². The minimum absolute atomic E-state index is 0.00406. The second-order valence-electron chi connectivity index (χ2n) is 5.38. The number of Topliss-reactive ketones (excluding diaryl/α,β-unsaturated/α-hetero) is 1. The van der Waals surface area contributed by atoms with Crippen LogP contribution in [0.1, 0.15) is 34.7 Å². The van der Waals surface area contributed by atoms with Crippen molar-refractivity contribution in [2.24, 2.45) is 0 Å². The first-order valence-electron chi connectivity index (χ1n) is 6.75. The third-order valence-corrected chi connectivity index (χ3v) is 4.09. The molecule has 5 nitrogen and oxygen atoms in total. The molecule has 1 saturated heterocycles. The van der Waals surface area contributed by atoms with E-state index in [-0.39, 0.29) is 24.0 Å². The van der Waals surface area contributed by atoms with E-state index in [0.29, 0.717) is 18.5 Å². The number of amides is 2. The Balaban J connectivity index is 1.76. The molecule has 1 aromatic carbocycles. The highest BCUT2D eigenvalue weighted by molar-refractivity contribution is 6.07. The first kappa shape index (κ1) is 12.8. The summed E-state index contributed by atoms with van der Waals surface area (Å²) >= 11 is 0. The molecule has 2 amide bonds. The zero-order valence-corrected chi connectivity index (χ0v) is 11.3. The number of hydrogen-bond acceptors (Lipinski definition) is 3. The molecule has 2 aliphatic rings. The molecule has 0 aromatic heterocycles. The maximum Gasteiger partial charge on any atom is 0.244 e. The van der Waals surface area contributed by atoms with Gasteiger partial charge in [0.1, 0.15) is 6.04 Å². The maximum atomic E-state index is 12.3. The van der Waals surface area contributed by atoms with Crippen LogP contribution in [0.4, 0.5) is 0 Å². The fourth-order valence-corrected chi connectivity index (χ4v) is 2.92. The molecule has 1 aliphatic heterocycles. The Hall–Kier alpha value is -2.17. The van der Waals surface area contributed by atoms with Gasteiger partial charge < -0.3 is 10.2 Å². The molecule has 1 fully saturated rings. The molecule has 1 aromatic rings. The van der Waals surface area contributed by atoms with E-state index in [2.05, 4.69) is 5.32 Å². The number of rotatable bonds is 2. The molecule has 3 rings (SSSR count). The average molecular weight is 272 g/mol. The van der Waals surface area contributed by atoms with Crippen molar-refractivity contribution in [1.29, 1.82) is 0 Å². The Morgan fingerprint density at radius 3 is 2.75 bits per heavy atom. The highest BCUT2D eigenvalue weighted by Gasteiger charge is 2.37. The van der Waals surface area contributed by atoms with Gasteiger partial charge in [0, 0.05) is 25.6 Å². The summed E-state index contributed by atoms with van der Waals surface area (Å²) in [7, 11) is 1.73. The molecule has 0 radical (unpaired) electrons. The van der Waals surface area contributed by atoms with Crippen LogP contribution in [0.15, 0.2) is 24.3 Å². The molecule has 1 N–H and O–H groups in total. The van der Waals surface area contributed by atoms with Gasteiger partial charge in [-0.05, 0) is 12.0 Å². The molecule has 0 saturated carbocycles. The number of likely N-dealkylation sites (tertiary alicyclic amines) is 1. The summed E-state index contributed by atoms with van der Waals surface area (Å²) in [6.07, 6.45) is 0.825. The predicted molar refractivity (Wildman–Crippen MR) is 72.3 cm³/mol. The zero-order chi connectivity index (χ0) is 14.3. The van der Waals surface area contributed by atoms with E-state index in [4.69, 9.17) is 0 Å². The minimum Gasteiger partial charge on any atom is -0.344 e. The van der Waals surface area contributed by atoms with Crippen molar-refractivity contribution < 1.29 is 14.4 Å². The van der Waals surface area contributed by atoms with Gasteiger partial charge in [-0.3, -0.25) is 14.4 Å². The topological polar surface area (TPSA) is 66.5 Å². The van der Waals surface area contributed by atoms with Crippen LogP contribution in [0.5, 0.6) is 0 Å². The smallest absolute Gasteiger partial charge is 0.244 e. The summed E-state index contributed by atoms with van der Waals surface area (Å²) in [5, 5.41) is 2.78. The number of fused-ring (bicyclic) bond motifs is 1. The maximum absolute atomic E-state index is 12.3. The lowest BCUT2D eigenvalue weighted by atomic mass is 10.00. The van der Waals surface area contributed by atoms with E-state index in [1.165, 1.54) is 0 Å². The van der Waals surface area contributed by atoms with Gasteiger partial charge in [0.05, 0.1) is 5.92 Å². The van der Waals surface area contributed by atoms with Gasteiger partial charge in [0.15, 0.2) is 5.78 Å². The quantitative estimate of drug-likeness (QED) is 0.862. The van der Waals surface area contributed by atoms with Crippen LogP contribution in [0.2, 0.25) is 0 Å². The molecular weight excluding hydrogens is 256 g/mol. The van der Waals surface area contributed by atoms with Crippen LogP contribution >= 0.6 is 0 Å². The highest BCUT2D eigenvalue weighted by atomic mass is 16.2. The van der Waals surface area contributed by atoms with Gasteiger partial charge in [-0.2, -0.15) is 0 Å². The number of hydrogen-bond donors (Lipinski definition) is 1. The summed E-state index contributed by atoms with van der Waals surface area (Å²) in [6.45, 7) is 0.657. The normalized spacial score (nSPS) is 24.9. The summed E-state index contributed by atoms with van der Waals surface area (Å²) in [5.41, 5.74) is 1.40. The number of carbonyl (C=O) groups is 3. The SMILES string of the molecule is CN1CC[C@H](NC(=O)[C@H]2CC(=O)c3ccccc32)C1=O. The van der Waals surface area contributed by atoms with E-state index in [1.54, 1.807) is 24.1 Å². The van der Waals surface area contributed by atoms with Crippen molar-refractivity contribution in [2.75, 3.05) is 13.6 Å². The van der Waals surface area contributed by atoms with Gasteiger partial charge in [0.25, 0.3) is 0 Å². The Kier molecular flexibility index (Phi) is 3.04. The molecule has 1 aliphatic carbocycles. The lowest BCUT2D eigenvalue weighted by Crippen LogP contribution is -2.42. The van der Waals surface area contributed by atoms with Crippen molar-refractivity contribution in [3.8, 4) is 0 Å². The summed E-state index contributed by atoms with van der Waals surface area (Å²) in [6, 6.07) is 6.74. The lowest BCUT2D eigenvalue weighted by molar-refractivity contribution is -0.132. The minimum atomic E-state index is -0.461. The largest absolute Gasteiger partial charge is 0.344 e. The molecule has 0 bridgehead atoms. The molecule has 104 valence electrons. The van der Waals surface area contributed by atoms with E-state index < -0.39 is 12.0 Å². The van der Waals surface area contributed by atoms with Crippen LogP contribution in [0.3, 0.4) is 0 Å². The first-order chi connectivity index (χ1) is 9.58. The Labute approximate surface area is 116 Å². The zero-order valence-electron chi connectivity index (χ0n) is 11.3. The first-order valence-corrected chi connectivity index (χ1v) is 6.75. The highest BCUT2D eigenvalue weighted by Crippen LogP contribution is 2.33. The van der Waals surface area contributed by atoms with E-state index in [9.17, 15) is 14.4 Å². The van der Waals surface area contributed by atoms with Crippen LogP contribution in [0.25, 0.3) is 0 Å². The van der Waals surface area contributed by atoms with Gasteiger partial charge in [-0.25, -0.2) is 0 Å². The number of carbonyl (C=O) groups excluding carboxylic acids is 3. The summed E-state index contributed by atoms with van der Waals surface area (Å²) in [5.74, 6) is -0.749. The van der Waals surface area contributed by atoms with Crippen molar-refractivity contribution in [3.05, 3.63) is 35.4 Å². The molecule has 20 heavy (non-hydrogen) atoms. The summed E-state index contributed by atoms with van der Waals surface area (Å²) in [4.78, 5) is 37.6. The number of benzene rings is 1. The van der Waals surface area contributed by atoms with Crippen molar-refractivity contribution in [1.82, 2.24) is 10.2 Å². The molecule has 2 atom stereocenters. The monoisotopic (exact) mass is 272 g/mol. The standard InChI is InChI=1S/C15H16N2O3/c1-17-7-6-12(15(17)20)16-14(19)11-8-13(18)10-5-3-2-4-9(10)11/h2-5,11-12H,6-8H2,1H3,(H,16,19)/t11-,12-/m0/s1. The van der Waals surface area contributed by atoms with E-state index >= 15 is 0 Å². The van der Waals surface area contributed by atoms with E-state index in [1.807, 2.05) is 12.1 Å².